The summed E-state index contributed by atoms with van der Waals surface area (Å²) in [5.41, 5.74) is 1.03. The quantitative estimate of drug-likeness (QED) is 0.535. The van der Waals surface area contributed by atoms with Gasteiger partial charge in [-0.2, -0.15) is 0 Å². The van der Waals surface area contributed by atoms with E-state index >= 15 is 0 Å². The van der Waals surface area contributed by atoms with Gasteiger partial charge in [0.1, 0.15) is 0 Å². The zero-order chi connectivity index (χ0) is 8.01. The molecule has 2 rings (SSSR count). The number of fused-ring (bicyclic) bond motifs is 1. The first kappa shape index (κ1) is 7.08. The third-order valence-corrected chi connectivity index (χ3v) is 3.40. The van der Waals surface area contributed by atoms with Crippen molar-refractivity contribution in [2.45, 2.75) is 19.8 Å². The van der Waals surface area contributed by atoms with E-state index in [0.717, 1.165) is 23.5 Å². The summed E-state index contributed by atoms with van der Waals surface area (Å²) in [6.45, 7) is 9.82. The highest BCUT2D eigenvalue weighted by atomic mass is 14.7. The Morgan fingerprint density at radius 1 is 1.36 bits per heavy atom. The SMILES string of the molecule is C=NC(=C)C1C[C@@H](C)[C@@H]2CC12. The topological polar surface area (TPSA) is 12.4 Å². The third-order valence-electron chi connectivity index (χ3n) is 3.40. The van der Waals surface area contributed by atoms with E-state index in [2.05, 4.69) is 25.2 Å². The Balaban J connectivity index is 2.07. The maximum atomic E-state index is 3.94. The fourth-order valence-electron chi connectivity index (χ4n) is 2.60. The summed E-state index contributed by atoms with van der Waals surface area (Å²) in [4.78, 5) is 3.94. The van der Waals surface area contributed by atoms with Gasteiger partial charge in [0.05, 0.1) is 0 Å². The van der Waals surface area contributed by atoms with Gasteiger partial charge in [0.2, 0.25) is 0 Å². The number of hydrogen-bond donors (Lipinski definition) is 0. The minimum atomic E-state index is 0.674. The number of aliphatic imine (C=N–C) groups is 1. The second kappa shape index (κ2) is 2.20. The lowest BCUT2D eigenvalue weighted by atomic mass is 9.97. The molecule has 0 aromatic heterocycles. The van der Waals surface area contributed by atoms with Crippen molar-refractivity contribution >= 4 is 6.72 Å². The van der Waals surface area contributed by atoms with Crippen molar-refractivity contribution in [3.63, 3.8) is 0 Å². The predicted octanol–water partition coefficient (Wildman–Crippen LogP) is 2.49. The Labute approximate surface area is 68.2 Å². The largest absolute Gasteiger partial charge is 0.269 e. The van der Waals surface area contributed by atoms with Crippen molar-refractivity contribution < 1.29 is 0 Å². The Morgan fingerprint density at radius 3 is 2.45 bits per heavy atom. The van der Waals surface area contributed by atoms with Crippen LogP contribution < -0.4 is 0 Å². The van der Waals surface area contributed by atoms with E-state index in [1.165, 1.54) is 12.8 Å². The van der Waals surface area contributed by atoms with Crippen LogP contribution in [0, 0.1) is 23.7 Å². The summed E-state index contributed by atoms with van der Waals surface area (Å²) in [5.74, 6) is 3.50. The third kappa shape index (κ3) is 0.943. The van der Waals surface area contributed by atoms with Crippen molar-refractivity contribution in [2.24, 2.45) is 28.7 Å². The molecule has 60 valence electrons. The van der Waals surface area contributed by atoms with Crippen LogP contribution in [0.25, 0.3) is 0 Å². The fraction of sp³-hybridized carbons (Fsp3) is 0.700. The van der Waals surface area contributed by atoms with E-state index < -0.39 is 0 Å². The molecule has 0 N–H and O–H groups in total. The van der Waals surface area contributed by atoms with Crippen molar-refractivity contribution in [1.29, 1.82) is 0 Å². The first-order valence-corrected chi connectivity index (χ1v) is 4.39. The summed E-state index contributed by atoms with van der Waals surface area (Å²) in [7, 11) is 0. The minimum absolute atomic E-state index is 0.674. The highest BCUT2D eigenvalue weighted by Gasteiger charge is 2.52. The molecule has 0 aromatic carbocycles. The molecule has 2 aliphatic rings. The maximum absolute atomic E-state index is 3.94. The molecule has 0 aliphatic heterocycles. The van der Waals surface area contributed by atoms with Crippen LogP contribution in [0.2, 0.25) is 0 Å². The maximum Gasteiger partial charge on any atom is 0.0358 e. The molecule has 11 heavy (non-hydrogen) atoms. The second-order valence-electron chi connectivity index (χ2n) is 4.03. The van der Waals surface area contributed by atoms with Crippen LogP contribution in [0.1, 0.15) is 19.8 Å². The van der Waals surface area contributed by atoms with Crippen molar-refractivity contribution in [1.82, 2.24) is 0 Å². The standard InChI is InChI=1S/C10H15N/c1-6-4-9(7(2)11-3)10-5-8(6)10/h6,8-10H,2-5H2,1H3/t6-,8+,9?,10?/m1/s1. The van der Waals surface area contributed by atoms with E-state index in [1.807, 2.05) is 0 Å². The van der Waals surface area contributed by atoms with Gasteiger partial charge in [-0.1, -0.05) is 13.5 Å². The van der Waals surface area contributed by atoms with Crippen LogP contribution in [0.15, 0.2) is 17.3 Å². The average molecular weight is 149 g/mol. The molecular formula is C10H15N. The highest BCUT2D eigenvalue weighted by Crippen LogP contribution is 2.60. The summed E-state index contributed by atoms with van der Waals surface area (Å²) in [5, 5.41) is 0. The Hall–Kier alpha value is -0.590. The van der Waals surface area contributed by atoms with Gasteiger partial charge >= 0.3 is 0 Å². The number of allylic oxidation sites excluding steroid dienone is 1. The summed E-state index contributed by atoms with van der Waals surface area (Å²) >= 11 is 0. The smallest absolute Gasteiger partial charge is 0.0358 e. The van der Waals surface area contributed by atoms with Gasteiger partial charge in [-0.05, 0) is 37.3 Å². The zero-order valence-corrected chi connectivity index (χ0v) is 7.09. The normalized spacial score (nSPS) is 46.6. The monoisotopic (exact) mass is 149 g/mol. The number of nitrogens with zero attached hydrogens (tertiary/aromatic N) is 1. The summed E-state index contributed by atoms with van der Waals surface area (Å²) < 4.78 is 0. The van der Waals surface area contributed by atoms with Gasteiger partial charge in [0.15, 0.2) is 0 Å². The van der Waals surface area contributed by atoms with Crippen molar-refractivity contribution in [3.05, 3.63) is 12.3 Å². The summed E-state index contributed by atoms with van der Waals surface area (Å²) in [6, 6.07) is 0. The van der Waals surface area contributed by atoms with E-state index in [0.29, 0.717) is 5.92 Å². The van der Waals surface area contributed by atoms with Crippen molar-refractivity contribution in [2.75, 3.05) is 0 Å². The molecule has 2 aliphatic carbocycles. The van der Waals surface area contributed by atoms with Gasteiger partial charge in [-0.3, -0.25) is 4.99 Å². The second-order valence-corrected chi connectivity index (χ2v) is 4.03. The molecule has 1 heteroatoms. The first-order valence-electron chi connectivity index (χ1n) is 4.39. The molecule has 2 fully saturated rings. The molecule has 0 bridgehead atoms. The lowest BCUT2D eigenvalue weighted by Crippen LogP contribution is -2.02. The lowest BCUT2D eigenvalue weighted by Gasteiger charge is -2.11. The molecule has 0 heterocycles. The molecule has 4 atom stereocenters. The molecule has 0 aromatic rings. The molecule has 0 spiro atoms. The molecule has 0 saturated heterocycles. The van der Waals surface area contributed by atoms with Gasteiger partial charge in [-0.15, -0.1) is 0 Å². The van der Waals surface area contributed by atoms with Crippen LogP contribution in [-0.4, -0.2) is 6.72 Å². The van der Waals surface area contributed by atoms with Gasteiger partial charge in [0, 0.05) is 11.6 Å². The Kier molecular flexibility index (Phi) is 1.41. The van der Waals surface area contributed by atoms with Crippen LogP contribution >= 0.6 is 0 Å². The minimum Gasteiger partial charge on any atom is -0.269 e. The molecule has 2 unspecified atom stereocenters. The molecule has 2 saturated carbocycles. The first-order chi connectivity index (χ1) is 5.24. The Bertz CT molecular complexity index is 207. The zero-order valence-electron chi connectivity index (χ0n) is 7.09. The molecule has 0 amide bonds. The molecule has 0 radical (unpaired) electrons. The van der Waals surface area contributed by atoms with Gasteiger partial charge in [-0.25, -0.2) is 0 Å². The fourth-order valence-corrected chi connectivity index (χ4v) is 2.60. The summed E-state index contributed by atoms with van der Waals surface area (Å²) in [6.07, 6.45) is 2.72. The highest BCUT2D eigenvalue weighted by molar-refractivity contribution is 5.30. The van der Waals surface area contributed by atoms with Crippen LogP contribution in [-0.2, 0) is 0 Å². The van der Waals surface area contributed by atoms with Crippen LogP contribution in [0.4, 0.5) is 0 Å². The van der Waals surface area contributed by atoms with E-state index in [1.54, 1.807) is 0 Å². The Morgan fingerprint density at radius 2 is 2.09 bits per heavy atom. The molecule has 1 nitrogen and oxygen atoms in total. The van der Waals surface area contributed by atoms with Gasteiger partial charge in [0.25, 0.3) is 0 Å². The van der Waals surface area contributed by atoms with Crippen LogP contribution in [0.3, 0.4) is 0 Å². The van der Waals surface area contributed by atoms with E-state index in [9.17, 15) is 0 Å². The molecular weight excluding hydrogens is 134 g/mol. The number of rotatable bonds is 2. The average Bonchev–Trinajstić information content (AvgIpc) is 2.72. The number of hydrogen-bond acceptors (Lipinski definition) is 1. The van der Waals surface area contributed by atoms with Gasteiger partial charge < -0.3 is 0 Å². The lowest BCUT2D eigenvalue weighted by molar-refractivity contribution is 0.477. The van der Waals surface area contributed by atoms with Crippen LogP contribution in [0.5, 0.6) is 0 Å². The predicted molar refractivity (Wildman–Crippen MR) is 47.6 cm³/mol. The van der Waals surface area contributed by atoms with Crippen molar-refractivity contribution in [3.8, 4) is 0 Å². The van der Waals surface area contributed by atoms with E-state index in [4.69, 9.17) is 0 Å². The van der Waals surface area contributed by atoms with E-state index in [-0.39, 0.29) is 0 Å².